The van der Waals surface area contributed by atoms with Crippen molar-refractivity contribution < 1.29 is 9.53 Å². The molecule has 1 aliphatic carbocycles. The minimum Gasteiger partial charge on any atom is -0.468 e. The molecule has 0 spiro atoms. The van der Waals surface area contributed by atoms with Crippen molar-refractivity contribution in [1.29, 1.82) is 0 Å². The minimum absolute atomic E-state index is 0.0870. The number of aromatic nitrogens is 4. The molecule has 0 aliphatic heterocycles. The quantitative estimate of drug-likeness (QED) is 0.787. The summed E-state index contributed by atoms with van der Waals surface area (Å²) in [5, 5.41) is 8.81. The normalized spacial score (nSPS) is 14.9. The molecule has 0 atom stereocenters. The van der Waals surface area contributed by atoms with E-state index in [0.29, 0.717) is 17.3 Å². The second-order valence-electron chi connectivity index (χ2n) is 5.69. The monoisotopic (exact) mass is 290 g/mol. The number of ether oxygens (including phenoxy) is 1. The summed E-state index contributed by atoms with van der Waals surface area (Å²) >= 11 is 0. The highest BCUT2D eigenvalue weighted by Gasteiger charge is 2.28. The van der Waals surface area contributed by atoms with Crippen molar-refractivity contribution in [1.82, 2.24) is 19.4 Å². The molecular weight excluding hydrogens is 272 g/mol. The van der Waals surface area contributed by atoms with Crippen molar-refractivity contribution in [3.63, 3.8) is 0 Å². The molecule has 0 N–H and O–H groups in total. The average Bonchev–Trinajstić information content (AvgIpc) is 3.20. The maximum atomic E-state index is 12.4. The molecule has 0 radical (unpaired) electrons. The minimum atomic E-state index is -0.495. The van der Waals surface area contributed by atoms with Crippen LogP contribution in [0, 0.1) is 0 Å². The van der Waals surface area contributed by atoms with Crippen molar-refractivity contribution in [2.75, 3.05) is 7.11 Å². The molecule has 2 heterocycles. The topological polar surface area (TPSA) is 78.5 Å². The van der Waals surface area contributed by atoms with Crippen LogP contribution in [0.25, 0.3) is 5.52 Å². The lowest BCUT2D eigenvalue weighted by Crippen LogP contribution is -2.31. The molecule has 2 aromatic rings. The number of carbonyl (C=O) groups is 1. The van der Waals surface area contributed by atoms with Gasteiger partial charge in [0.05, 0.1) is 12.8 Å². The maximum absolute atomic E-state index is 12.4. The van der Waals surface area contributed by atoms with Gasteiger partial charge in [-0.05, 0) is 18.9 Å². The van der Waals surface area contributed by atoms with E-state index in [0.717, 1.165) is 23.2 Å². The number of nitrogens with zero attached hydrogens (tertiary/aromatic N) is 4. The highest BCUT2D eigenvalue weighted by Crippen LogP contribution is 2.39. The number of hydrogen-bond acceptors (Lipinski definition) is 5. The average molecular weight is 290 g/mol. The van der Waals surface area contributed by atoms with Crippen LogP contribution >= 0.6 is 0 Å². The van der Waals surface area contributed by atoms with Crippen LogP contribution in [0.1, 0.15) is 50.0 Å². The van der Waals surface area contributed by atoms with Crippen LogP contribution in [0.15, 0.2) is 10.9 Å². The summed E-state index contributed by atoms with van der Waals surface area (Å²) in [6.07, 6.45) is 2.23. The second kappa shape index (κ2) is 4.98. The van der Waals surface area contributed by atoms with Crippen LogP contribution in [-0.2, 0) is 16.1 Å². The van der Waals surface area contributed by atoms with E-state index in [4.69, 9.17) is 0 Å². The van der Waals surface area contributed by atoms with Crippen LogP contribution < -0.4 is 5.56 Å². The SMILES string of the molecule is COC(=O)Cn1nc(C(C)C)n2nc(C3CC3)cc2c1=O. The van der Waals surface area contributed by atoms with E-state index in [1.165, 1.54) is 7.11 Å². The number of hydrogen-bond donors (Lipinski definition) is 0. The first-order valence-electron chi connectivity index (χ1n) is 7.08. The van der Waals surface area contributed by atoms with Gasteiger partial charge in [-0.15, -0.1) is 0 Å². The first kappa shape index (κ1) is 13.8. The number of esters is 1. The van der Waals surface area contributed by atoms with Gasteiger partial charge >= 0.3 is 5.97 Å². The van der Waals surface area contributed by atoms with Crippen molar-refractivity contribution in [2.24, 2.45) is 0 Å². The fourth-order valence-electron chi connectivity index (χ4n) is 2.30. The van der Waals surface area contributed by atoms with E-state index in [-0.39, 0.29) is 18.0 Å². The fraction of sp³-hybridized carbons (Fsp3) is 0.571. The molecule has 0 aromatic carbocycles. The van der Waals surface area contributed by atoms with Gasteiger partial charge in [0.15, 0.2) is 5.82 Å². The Morgan fingerprint density at radius 1 is 1.43 bits per heavy atom. The van der Waals surface area contributed by atoms with Gasteiger partial charge in [-0.1, -0.05) is 13.8 Å². The van der Waals surface area contributed by atoms with Crippen LogP contribution in [-0.4, -0.2) is 32.5 Å². The standard InChI is InChI=1S/C14H18N4O3/c1-8(2)13-16-17(7-12(19)21-3)14(20)11-6-10(9-4-5-9)15-18(11)13/h6,8-9H,4-5,7H2,1-3H3. The Morgan fingerprint density at radius 3 is 2.71 bits per heavy atom. The lowest BCUT2D eigenvalue weighted by molar-refractivity contribution is -0.141. The lowest BCUT2D eigenvalue weighted by Gasteiger charge is -2.10. The van der Waals surface area contributed by atoms with E-state index in [2.05, 4.69) is 14.9 Å². The number of methoxy groups -OCH3 is 1. The molecule has 0 bridgehead atoms. The Labute approximate surface area is 121 Å². The van der Waals surface area contributed by atoms with Gasteiger partial charge in [0.1, 0.15) is 12.1 Å². The summed E-state index contributed by atoms with van der Waals surface area (Å²) in [6, 6.07) is 1.82. The Bertz CT molecular complexity index is 755. The Hall–Kier alpha value is -2.18. The number of rotatable bonds is 4. The molecule has 3 rings (SSSR count). The molecule has 1 fully saturated rings. The van der Waals surface area contributed by atoms with E-state index >= 15 is 0 Å². The van der Waals surface area contributed by atoms with Crippen molar-refractivity contribution in [3.8, 4) is 0 Å². The Kier molecular flexibility index (Phi) is 3.27. The smallest absolute Gasteiger partial charge is 0.327 e. The molecule has 7 nitrogen and oxygen atoms in total. The van der Waals surface area contributed by atoms with Crippen molar-refractivity contribution in [2.45, 2.75) is 45.1 Å². The van der Waals surface area contributed by atoms with Gasteiger partial charge in [-0.3, -0.25) is 9.59 Å². The third-order valence-corrected chi connectivity index (χ3v) is 3.64. The maximum Gasteiger partial charge on any atom is 0.327 e. The third-order valence-electron chi connectivity index (χ3n) is 3.64. The highest BCUT2D eigenvalue weighted by molar-refractivity contribution is 5.69. The van der Waals surface area contributed by atoms with Gasteiger partial charge in [-0.25, -0.2) is 9.20 Å². The van der Waals surface area contributed by atoms with E-state index in [9.17, 15) is 9.59 Å². The number of fused-ring (bicyclic) bond motifs is 1. The predicted molar refractivity (Wildman–Crippen MR) is 75.3 cm³/mol. The third kappa shape index (κ3) is 2.43. The van der Waals surface area contributed by atoms with E-state index < -0.39 is 5.97 Å². The lowest BCUT2D eigenvalue weighted by atomic mass is 10.2. The summed E-state index contributed by atoms with van der Waals surface area (Å²) in [4.78, 5) is 23.9. The van der Waals surface area contributed by atoms with E-state index in [1.54, 1.807) is 4.52 Å². The summed E-state index contributed by atoms with van der Waals surface area (Å²) in [5.41, 5.74) is 1.09. The van der Waals surface area contributed by atoms with Gasteiger partial charge in [-0.2, -0.15) is 10.2 Å². The van der Waals surface area contributed by atoms with Gasteiger partial charge in [0.2, 0.25) is 0 Å². The second-order valence-corrected chi connectivity index (χ2v) is 5.69. The predicted octanol–water partition coefficient (Wildman–Crippen LogP) is 1.06. The molecule has 1 saturated carbocycles. The molecule has 7 heteroatoms. The van der Waals surface area contributed by atoms with Crippen LogP contribution in [0.5, 0.6) is 0 Å². The molecule has 1 aliphatic rings. The zero-order chi connectivity index (χ0) is 15.1. The van der Waals surface area contributed by atoms with Crippen LogP contribution in [0.3, 0.4) is 0 Å². The fourth-order valence-corrected chi connectivity index (χ4v) is 2.30. The molecule has 112 valence electrons. The molecule has 0 amide bonds. The van der Waals surface area contributed by atoms with Crippen LogP contribution in [0.4, 0.5) is 0 Å². The zero-order valence-corrected chi connectivity index (χ0v) is 12.4. The highest BCUT2D eigenvalue weighted by atomic mass is 16.5. The van der Waals surface area contributed by atoms with Gasteiger partial charge in [0, 0.05) is 11.8 Å². The molecule has 0 unspecified atom stereocenters. The number of carbonyl (C=O) groups excluding carboxylic acids is 1. The van der Waals surface area contributed by atoms with Crippen molar-refractivity contribution in [3.05, 3.63) is 27.9 Å². The summed E-state index contributed by atoms with van der Waals surface area (Å²) < 4.78 is 7.39. The Balaban J connectivity index is 2.18. The molecule has 2 aromatic heterocycles. The zero-order valence-electron chi connectivity index (χ0n) is 12.4. The first-order valence-corrected chi connectivity index (χ1v) is 7.08. The molecule has 21 heavy (non-hydrogen) atoms. The van der Waals surface area contributed by atoms with Gasteiger partial charge < -0.3 is 4.74 Å². The van der Waals surface area contributed by atoms with E-state index in [1.807, 2.05) is 19.9 Å². The largest absolute Gasteiger partial charge is 0.468 e. The summed E-state index contributed by atoms with van der Waals surface area (Å²) in [7, 11) is 1.29. The first-order chi connectivity index (χ1) is 10.0. The van der Waals surface area contributed by atoms with Gasteiger partial charge in [0.25, 0.3) is 5.56 Å². The molecular formula is C14H18N4O3. The Morgan fingerprint density at radius 2 is 2.14 bits per heavy atom. The summed E-state index contributed by atoms with van der Waals surface area (Å²) in [6.45, 7) is 3.77. The molecule has 0 saturated heterocycles. The van der Waals surface area contributed by atoms with Crippen molar-refractivity contribution >= 4 is 11.5 Å². The summed E-state index contributed by atoms with van der Waals surface area (Å²) in [5.74, 6) is 0.716. The van der Waals surface area contributed by atoms with Crippen LogP contribution in [0.2, 0.25) is 0 Å².